The van der Waals surface area contributed by atoms with Gasteiger partial charge in [-0.15, -0.1) is 0 Å². The van der Waals surface area contributed by atoms with Crippen LogP contribution in [0.1, 0.15) is 61.1 Å². The van der Waals surface area contributed by atoms with E-state index in [4.69, 9.17) is 8.83 Å². The SMILES string of the molecule is C/C=C\c1oc2ccccc2c1/C=C/c1ccc([C@H](C)CC)cc1.Cc1ccc(-c2ccc3oc4ccccc4c3c2)cc1. The van der Waals surface area contributed by atoms with E-state index in [0.29, 0.717) is 5.92 Å². The van der Waals surface area contributed by atoms with Crippen molar-refractivity contribution in [2.75, 3.05) is 0 Å². The maximum absolute atomic E-state index is 5.96. The molecule has 0 saturated heterocycles. The summed E-state index contributed by atoms with van der Waals surface area (Å²) in [5, 5.41) is 3.51. The Hall–Kier alpha value is -5.08. The summed E-state index contributed by atoms with van der Waals surface area (Å²) in [6, 6.07) is 40.2. The van der Waals surface area contributed by atoms with Crippen LogP contribution in [0.4, 0.5) is 0 Å². The van der Waals surface area contributed by atoms with E-state index in [1.807, 2.05) is 43.3 Å². The second kappa shape index (κ2) is 13.1. The summed E-state index contributed by atoms with van der Waals surface area (Å²) in [5.41, 5.74) is 10.3. The van der Waals surface area contributed by atoms with E-state index in [-0.39, 0.29) is 0 Å². The van der Waals surface area contributed by atoms with E-state index >= 15 is 0 Å². The average Bonchev–Trinajstić information content (AvgIpc) is 3.62. The highest BCUT2D eigenvalue weighted by atomic mass is 16.3. The fourth-order valence-corrected chi connectivity index (χ4v) is 5.53. The summed E-state index contributed by atoms with van der Waals surface area (Å²) in [4.78, 5) is 0. The van der Waals surface area contributed by atoms with Crippen LogP contribution in [0.5, 0.6) is 0 Å². The summed E-state index contributed by atoms with van der Waals surface area (Å²) in [7, 11) is 0. The molecule has 7 rings (SSSR count). The van der Waals surface area contributed by atoms with Crippen LogP contribution in [0.25, 0.3) is 62.3 Å². The monoisotopic (exact) mass is 574 g/mol. The molecular formula is C42H38O2. The lowest BCUT2D eigenvalue weighted by Gasteiger charge is -2.08. The predicted octanol–water partition coefficient (Wildman–Crippen LogP) is 12.7. The molecule has 0 N–H and O–H groups in total. The van der Waals surface area contributed by atoms with Crippen LogP contribution in [-0.4, -0.2) is 0 Å². The predicted molar refractivity (Wildman–Crippen MR) is 189 cm³/mol. The molecule has 0 spiro atoms. The topological polar surface area (TPSA) is 26.3 Å². The summed E-state index contributed by atoms with van der Waals surface area (Å²) in [5.74, 6) is 1.52. The van der Waals surface area contributed by atoms with Crippen LogP contribution in [0.15, 0.2) is 130 Å². The second-order valence-corrected chi connectivity index (χ2v) is 11.4. The molecule has 0 bridgehead atoms. The Labute approximate surface area is 260 Å². The number of hydrogen-bond donors (Lipinski definition) is 0. The quantitative estimate of drug-likeness (QED) is 0.197. The van der Waals surface area contributed by atoms with Crippen LogP contribution in [0.2, 0.25) is 0 Å². The van der Waals surface area contributed by atoms with Crippen LogP contribution >= 0.6 is 0 Å². The highest BCUT2D eigenvalue weighted by Gasteiger charge is 2.10. The molecule has 0 fully saturated rings. The van der Waals surface area contributed by atoms with Crippen molar-refractivity contribution in [1.82, 2.24) is 0 Å². The van der Waals surface area contributed by atoms with Gasteiger partial charge in [0.25, 0.3) is 0 Å². The van der Waals surface area contributed by atoms with Gasteiger partial charge >= 0.3 is 0 Å². The van der Waals surface area contributed by atoms with E-state index < -0.39 is 0 Å². The fourth-order valence-electron chi connectivity index (χ4n) is 5.53. The summed E-state index contributed by atoms with van der Waals surface area (Å²) in [6.07, 6.45) is 9.51. The third-order valence-corrected chi connectivity index (χ3v) is 8.30. The Morgan fingerprint density at radius 3 is 1.95 bits per heavy atom. The normalized spacial score (nSPS) is 12.4. The zero-order chi connectivity index (χ0) is 30.5. The van der Waals surface area contributed by atoms with Crippen molar-refractivity contribution in [1.29, 1.82) is 0 Å². The van der Waals surface area contributed by atoms with Crippen molar-refractivity contribution in [3.8, 4) is 11.1 Å². The maximum Gasteiger partial charge on any atom is 0.135 e. The van der Waals surface area contributed by atoms with Crippen LogP contribution in [-0.2, 0) is 0 Å². The van der Waals surface area contributed by atoms with Gasteiger partial charge in [0.05, 0.1) is 0 Å². The molecule has 0 aliphatic heterocycles. The van der Waals surface area contributed by atoms with Gasteiger partial charge < -0.3 is 8.83 Å². The minimum Gasteiger partial charge on any atom is -0.456 e. The molecular weight excluding hydrogens is 536 g/mol. The molecule has 1 atom stereocenters. The molecule has 218 valence electrons. The number of hydrogen-bond acceptors (Lipinski definition) is 2. The summed E-state index contributed by atoms with van der Waals surface area (Å²) < 4.78 is 11.8. The third kappa shape index (κ3) is 6.16. The number of aryl methyl sites for hydroxylation is 1. The van der Waals surface area contributed by atoms with Gasteiger partial charge in [0.1, 0.15) is 22.5 Å². The second-order valence-electron chi connectivity index (χ2n) is 11.4. The Balaban J connectivity index is 0.000000158. The van der Waals surface area contributed by atoms with Gasteiger partial charge in [-0.1, -0.05) is 123 Å². The Morgan fingerprint density at radius 2 is 1.25 bits per heavy atom. The lowest BCUT2D eigenvalue weighted by molar-refractivity contribution is 0.603. The lowest BCUT2D eigenvalue weighted by atomic mass is 9.97. The Morgan fingerprint density at radius 1 is 0.614 bits per heavy atom. The molecule has 0 radical (unpaired) electrons. The maximum atomic E-state index is 5.96. The van der Waals surface area contributed by atoms with Gasteiger partial charge in [-0.3, -0.25) is 0 Å². The van der Waals surface area contributed by atoms with Crippen molar-refractivity contribution in [3.63, 3.8) is 0 Å². The number of para-hydroxylation sites is 2. The van der Waals surface area contributed by atoms with Crippen molar-refractivity contribution >= 4 is 51.1 Å². The van der Waals surface area contributed by atoms with Crippen LogP contribution in [0.3, 0.4) is 0 Å². The summed E-state index contributed by atoms with van der Waals surface area (Å²) in [6.45, 7) is 8.61. The average molecular weight is 575 g/mol. The largest absolute Gasteiger partial charge is 0.456 e. The van der Waals surface area contributed by atoms with Crippen LogP contribution < -0.4 is 0 Å². The highest BCUT2D eigenvalue weighted by Crippen LogP contribution is 2.32. The molecule has 0 amide bonds. The molecule has 5 aromatic carbocycles. The number of benzene rings is 5. The minimum absolute atomic E-state index is 0.613. The van der Waals surface area contributed by atoms with E-state index in [0.717, 1.165) is 33.5 Å². The van der Waals surface area contributed by atoms with E-state index in [1.54, 1.807) is 0 Å². The fraction of sp³-hybridized carbons (Fsp3) is 0.143. The van der Waals surface area contributed by atoms with Gasteiger partial charge in [-0.2, -0.15) is 0 Å². The number of rotatable bonds is 6. The third-order valence-electron chi connectivity index (χ3n) is 8.30. The molecule has 2 aromatic heterocycles. The molecule has 44 heavy (non-hydrogen) atoms. The molecule has 2 heteroatoms. The molecule has 0 aliphatic rings. The van der Waals surface area contributed by atoms with E-state index in [2.05, 4.69) is 124 Å². The lowest BCUT2D eigenvalue weighted by Crippen LogP contribution is -1.90. The molecule has 2 heterocycles. The van der Waals surface area contributed by atoms with E-state index in [9.17, 15) is 0 Å². The number of furan rings is 2. The first kappa shape index (κ1) is 29.0. The Kier molecular flexibility index (Phi) is 8.61. The molecule has 2 nitrogen and oxygen atoms in total. The zero-order valence-electron chi connectivity index (χ0n) is 25.9. The van der Waals surface area contributed by atoms with Crippen molar-refractivity contribution in [2.24, 2.45) is 0 Å². The standard InChI is InChI=1S/C23H24O.C19H14O/c1-4-8-22-21(20-9-6-7-10-23(20)24-22)16-13-18-11-14-19(15-12-18)17(3)5-2;1-13-6-8-14(9-7-13)15-10-11-19-17(12-15)16-4-2-3-5-18(16)20-19/h4,6-17H,5H2,1-3H3;2-12H,1H3/b8-4-,16-13+;/t17-;/m1./s1. The first-order valence-electron chi connectivity index (χ1n) is 15.4. The van der Waals surface area contributed by atoms with Gasteiger partial charge in [0.15, 0.2) is 0 Å². The van der Waals surface area contributed by atoms with E-state index in [1.165, 1.54) is 45.0 Å². The van der Waals surface area contributed by atoms with Crippen molar-refractivity contribution < 1.29 is 8.83 Å². The van der Waals surface area contributed by atoms with Gasteiger partial charge in [-0.05, 0) is 84.9 Å². The summed E-state index contributed by atoms with van der Waals surface area (Å²) >= 11 is 0. The number of fused-ring (bicyclic) bond motifs is 4. The molecule has 0 aliphatic carbocycles. The zero-order valence-corrected chi connectivity index (χ0v) is 25.9. The van der Waals surface area contributed by atoms with Gasteiger partial charge in [0, 0.05) is 21.7 Å². The highest BCUT2D eigenvalue weighted by molar-refractivity contribution is 6.06. The Bertz CT molecular complexity index is 2070. The first-order valence-corrected chi connectivity index (χ1v) is 15.4. The first-order chi connectivity index (χ1) is 21.5. The van der Waals surface area contributed by atoms with Crippen molar-refractivity contribution in [3.05, 3.63) is 149 Å². The van der Waals surface area contributed by atoms with Gasteiger partial charge in [0.2, 0.25) is 0 Å². The van der Waals surface area contributed by atoms with Crippen molar-refractivity contribution in [2.45, 2.75) is 40.0 Å². The molecule has 0 saturated carbocycles. The smallest absolute Gasteiger partial charge is 0.135 e. The molecule has 7 aromatic rings. The van der Waals surface area contributed by atoms with Crippen LogP contribution in [0, 0.1) is 6.92 Å². The number of allylic oxidation sites excluding steroid dienone is 1. The molecule has 0 unspecified atom stereocenters. The van der Waals surface area contributed by atoms with Gasteiger partial charge in [-0.25, -0.2) is 0 Å². The minimum atomic E-state index is 0.613.